The number of carbonyl (C=O) groups excluding carboxylic acids is 2. The monoisotopic (exact) mass is 346 g/mol. The number of nitro benzene ring substituents is 2. The van der Waals surface area contributed by atoms with Crippen molar-refractivity contribution >= 4 is 29.1 Å². The Labute approximate surface area is 139 Å². The first-order valence-corrected chi connectivity index (χ1v) is 6.61. The zero-order chi connectivity index (χ0) is 18.6. The number of carbonyl (C=O) groups is 2. The smallest absolute Gasteiger partial charge is 0.339 e. The number of methoxy groups -OCH3 is 1. The van der Waals surface area contributed by atoms with Crippen molar-refractivity contribution in [3.05, 3.63) is 67.9 Å². The molecule has 0 saturated heterocycles. The van der Waals surface area contributed by atoms with Crippen LogP contribution < -0.4 is 5.32 Å². The van der Waals surface area contributed by atoms with Crippen molar-refractivity contribution in [1.29, 1.82) is 0 Å². The molecule has 0 aliphatic carbocycles. The Bertz CT molecular complexity index is 832. The van der Waals surface area contributed by atoms with E-state index in [0.717, 1.165) is 24.4 Å². The minimum atomic E-state index is -0.840. The summed E-state index contributed by atoms with van der Waals surface area (Å²) in [5, 5.41) is 24.0. The van der Waals surface area contributed by atoms with Crippen molar-refractivity contribution in [2.24, 2.45) is 0 Å². The van der Waals surface area contributed by atoms with Crippen molar-refractivity contribution in [2.45, 2.75) is 0 Å². The number of rotatable bonds is 5. The van der Waals surface area contributed by atoms with E-state index in [-0.39, 0.29) is 16.9 Å². The number of benzene rings is 1. The van der Waals surface area contributed by atoms with E-state index in [1.54, 1.807) is 0 Å². The van der Waals surface area contributed by atoms with Crippen LogP contribution in [0.4, 0.5) is 17.2 Å². The zero-order valence-corrected chi connectivity index (χ0v) is 12.7. The topological polar surface area (TPSA) is 155 Å². The van der Waals surface area contributed by atoms with Gasteiger partial charge in [0.15, 0.2) is 0 Å². The summed E-state index contributed by atoms with van der Waals surface area (Å²) in [5.74, 6) is -1.39. The molecule has 11 heteroatoms. The molecule has 1 aromatic heterocycles. The summed E-state index contributed by atoms with van der Waals surface area (Å²) in [6.07, 6.45) is 1.16. The van der Waals surface area contributed by atoms with Crippen LogP contribution in [0.1, 0.15) is 20.7 Å². The first-order valence-electron chi connectivity index (χ1n) is 6.61. The van der Waals surface area contributed by atoms with E-state index >= 15 is 0 Å². The quantitative estimate of drug-likeness (QED) is 0.489. The Morgan fingerprint density at radius 3 is 2.08 bits per heavy atom. The molecular formula is C14H10N4O7. The van der Waals surface area contributed by atoms with Crippen LogP contribution in [0, 0.1) is 20.2 Å². The Morgan fingerprint density at radius 1 is 1.04 bits per heavy atom. The van der Waals surface area contributed by atoms with Gasteiger partial charge in [0.1, 0.15) is 5.82 Å². The second-order valence-electron chi connectivity index (χ2n) is 4.63. The maximum absolute atomic E-state index is 12.2. The highest BCUT2D eigenvalue weighted by molar-refractivity contribution is 6.04. The minimum Gasteiger partial charge on any atom is -0.465 e. The van der Waals surface area contributed by atoms with E-state index < -0.39 is 33.1 Å². The molecule has 1 amide bonds. The first-order chi connectivity index (χ1) is 11.8. The average molecular weight is 346 g/mol. The van der Waals surface area contributed by atoms with Crippen molar-refractivity contribution < 1.29 is 24.2 Å². The Kier molecular flexibility index (Phi) is 4.98. The highest BCUT2D eigenvalue weighted by Crippen LogP contribution is 2.23. The molecule has 1 heterocycles. The van der Waals surface area contributed by atoms with Crippen molar-refractivity contribution in [3.63, 3.8) is 0 Å². The third-order valence-electron chi connectivity index (χ3n) is 3.01. The van der Waals surface area contributed by atoms with Gasteiger partial charge in [-0.15, -0.1) is 0 Å². The third-order valence-corrected chi connectivity index (χ3v) is 3.01. The molecule has 0 aliphatic rings. The molecule has 0 saturated carbocycles. The van der Waals surface area contributed by atoms with Gasteiger partial charge in [0.25, 0.3) is 17.3 Å². The molecule has 0 aliphatic heterocycles. The average Bonchev–Trinajstić information content (AvgIpc) is 2.61. The van der Waals surface area contributed by atoms with Crippen LogP contribution in [0.5, 0.6) is 0 Å². The minimum absolute atomic E-state index is 0.0480. The molecular weight excluding hydrogens is 336 g/mol. The van der Waals surface area contributed by atoms with Crippen LogP contribution in [0.3, 0.4) is 0 Å². The number of aromatic nitrogens is 1. The van der Waals surface area contributed by atoms with Gasteiger partial charge in [0.2, 0.25) is 0 Å². The van der Waals surface area contributed by atoms with Crippen molar-refractivity contribution in [2.75, 3.05) is 12.4 Å². The van der Waals surface area contributed by atoms with Crippen LogP contribution in [-0.4, -0.2) is 33.8 Å². The molecule has 11 nitrogen and oxygen atoms in total. The summed E-state index contributed by atoms with van der Waals surface area (Å²) < 4.78 is 4.50. The fourth-order valence-corrected chi connectivity index (χ4v) is 1.83. The molecule has 0 atom stereocenters. The van der Waals surface area contributed by atoms with Gasteiger partial charge in [-0.2, -0.15) is 0 Å². The summed E-state index contributed by atoms with van der Waals surface area (Å²) in [6.45, 7) is 0. The molecule has 128 valence electrons. The van der Waals surface area contributed by atoms with Gasteiger partial charge in [0.05, 0.1) is 34.1 Å². The molecule has 0 radical (unpaired) electrons. The van der Waals surface area contributed by atoms with E-state index in [1.807, 2.05) is 0 Å². The van der Waals surface area contributed by atoms with Crippen molar-refractivity contribution in [1.82, 2.24) is 4.98 Å². The standard InChI is InChI=1S/C14H10N4O7/c1-25-14(20)8-2-3-12(15-7-8)16-13(19)9-4-10(17(21)22)6-11(5-9)18(23)24/h2-7H,1H3,(H,15,16,19). The molecule has 2 aromatic rings. The van der Waals surface area contributed by atoms with Crippen LogP contribution >= 0.6 is 0 Å². The van der Waals surface area contributed by atoms with Gasteiger partial charge in [-0.05, 0) is 12.1 Å². The fraction of sp³-hybridized carbons (Fsp3) is 0.0714. The number of non-ortho nitro benzene ring substituents is 2. The van der Waals surface area contributed by atoms with Gasteiger partial charge < -0.3 is 10.1 Å². The lowest BCUT2D eigenvalue weighted by molar-refractivity contribution is -0.394. The lowest BCUT2D eigenvalue weighted by Crippen LogP contribution is -2.14. The molecule has 25 heavy (non-hydrogen) atoms. The van der Waals surface area contributed by atoms with Gasteiger partial charge in [0, 0.05) is 18.3 Å². The number of pyridine rings is 1. The highest BCUT2D eigenvalue weighted by Gasteiger charge is 2.20. The third kappa shape index (κ3) is 4.10. The molecule has 1 N–H and O–H groups in total. The summed E-state index contributed by atoms with van der Waals surface area (Å²) in [6, 6.07) is 5.23. The number of anilines is 1. The number of nitro groups is 2. The zero-order valence-electron chi connectivity index (χ0n) is 12.7. The number of esters is 1. The van der Waals surface area contributed by atoms with Crippen LogP contribution in [0.25, 0.3) is 0 Å². The lowest BCUT2D eigenvalue weighted by atomic mass is 10.1. The molecule has 2 rings (SSSR count). The van der Waals surface area contributed by atoms with E-state index in [1.165, 1.54) is 19.2 Å². The normalized spacial score (nSPS) is 9.96. The second-order valence-corrected chi connectivity index (χ2v) is 4.63. The van der Waals surface area contributed by atoms with Gasteiger partial charge >= 0.3 is 5.97 Å². The predicted octanol–water partition coefficient (Wildman–Crippen LogP) is 1.94. The SMILES string of the molecule is COC(=O)c1ccc(NC(=O)c2cc([N+](=O)[O-])cc([N+](=O)[O-])c2)nc1. The fourth-order valence-electron chi connectivity index (χ4n) is 1.83. The molecule has 0 bridgehead atoms. The van der Waals surface area contributed by atoms with E-state index in [0.29, 0.717) is 0 Å². The maximum atomic E-state index is 12.2. The van der Waals surface area contributed by atoms with E-state index in [2.05, 4.69) is 15.0 Å². The number of amides is 1. The Morgan fingerprint density at radius 2 is 1.64 bits per heavy atom. The molecule has 1 aromatic carbocycles. The van der Waals surface area contributed by atoms with E-state index in [9.17, 15) is 29.8 Å². The van der Waals surface area contributed by atoms with Gasteiger partial charge in [-0.3, -0.25) is 25.0 Å². The first kappa shape index (κ1) is 17.5. The summed E-state index contributed by atoms with van der Waals surface area (Å²) in [5.41, 5.74) is -1.30. The predicted molar refractivity (Wildman–Crippen MR) is 83.3 cm³/mol. The highest BCUT2D eigenvalue weighted by atomic mass is 16.6. The van der Waals surface area contributed by atoms with Crippen LogP contribution in [-0.2, 0) is 4.74 Å². The maximum Gasteiger partial charge on any atom is 0.339 e. The van der Waals surface area contributed by atoms with Gasteiger partial charge in [-0.1, -0.05) is 0 Å². The van der Waals surface area contributed by atoms with E-state index in [4.69, 9.17) is 0 Å². The second kappa shape index (κ2) is 7.12. The largest absolute Gasteiger partial charge is 0.465 e. The Hall–Kier alpha value is -3.89. The Balaban J connectivity index is 2.27. The van der Waals surface area contributed by atoms with Crippen LogP contribution in [0.15, 0.2) is 36.5 Å². The number of hydrogen-bond donors (Lipinski definition) is 1. The lowest BCUT2D eigenvalue weighted by Gasteiger charge is -2.05. The summed E-state index contributed by atoms with van der Waals surface area (Å²) in [7, 11) is 1.20. The molecule has 0 unspecified atom stereocenters. The summed E-state index contributed by atoms with van der Waals surface area (Å²) in [4.78, 5) is 47.3. The number of nitrogens with one attached hydrogen (secondary N) is 1. The number of hydrogen-bond acceptors (Lipinski definition) is 8. The summed E-state index contributed by atoms with van der Waals surface area (Å²) >= 11 is 0. The van der Waals surface area contributed by atoms with Crippen molar-refractivity contribution in [3.8, 4) is 0 Å². The number of nitrogens with zero attached hydrogens (tertiary/aromatic N) is 3. The van der Waals surface area contributed by atoms with Gasteiger partial charge in [-0.25, -0.2) is 9.78 Å². The number of ether oxygens (including phenoxy) is 1. The molecule has 0 spiro atoms. The van der Waals surface area contributed by atoms with Crippen LogP contribution in [0.2, 0.25) is 0 Å². The molecule has 0 fully saturated rings.